The van der Waals surface area contributed by atoms with Gasteiger partial charge in [0.15, 0.2) is 0 Å². The number of aliphatic hydroxyl groups excluding tert-OH is 3. The molecule has 0 radical (unpaired) electrons. The van der Waals surface area contributed by atoms with Crippen molar-refractivity contribution in [2.24, 2.45) is 10.7 Å². The molecular weight excluding hydrogens is 256 g/mol. The number of nitrogens with zero attached hydrogens (tertiary/aromatic N) is 1. The minimum Gasteiger partial charge on any atom is -0.394 e. The fourth-order valence-corrected chi connectivity index (χ4v) is 2.71. The van der Waals surface area contributed by atoms with Crippen molar-refractivity contribution in [2.45, 2.75) is 50.1 Å². The van der Waals surface area contributed by atoms with Crippen molar-refractivity contribution in [3.8, 4) is 0 Å². The first-order valence-electron chi connectivity index (χ1n) is 6.00. The Kier molecular flexibility index (Phi) is 6.37. The molecule has 0 aromatic carbocycles. The van der Waals surface area contributed by atoms with Gasteiger partial charge in [-0.1, -0.05) is 0 Å². The smallest absolute Gasteiger partial charge is 0.110 e. The topological polar surface area (TPSA) is 108 Å². The van der Waals surface area contributed by atoms with E-state index < -0.39 is 18.3 Å². The number of hydrogen-bond donors (Lipinski definition) is 4. The van der Waals surface area contributed by atoms with E-state index in [0.29, 0.717) is 18.0 Å². The lowest BCUT2D eigenvalue weighted by atomic mass is 10.0. The second-order valence-corrected chi connectivity index (χ2v) is 5.75. The molecule has 4 atom stereocenters. The van der Waals surface area contributed by atoms with Crippen molar-refractivity contribution in [1.29, 1.82) is 0 Å². The molecule has 106 valence electrons. The maximum atomic E-state index is 9.64. The van der Waals surface area contributed by atoms with Gasteiger partial charge in [0, 0.05) is 12.5 Å². The van der Waals surface area contributed by atoms with E-state index in [2.05, 4.69) is 4.99 Å². The van der Waals surface area contributed by atoms with Gasteiger partial charge in [0.2, 0.25) is 0 Å². The third kappa shape index (κ3) is 4.74. The van der Waals surface area contributed by atoms with E-state index in [-0.39, 0.29) is 18.1 Å². The largest absolute Gasteiger partial charge is 0.394 e. The molecule has 0 amide bonds. The predicted molar refractivity (Wildman–Crippen MR) is 71.6 cm³/mol. The first-order valence-corrected chi connectivity index (χ1v) is 7.05. The van der Waals surface area contributed by atoms with Crippen LogP contribution in [0.25, 0.3) is 0 Å². The molecule has 0 bridgehead atoms. The molecule has 7 heteroatoms. The summed E-state index contributed by atoms with van der Waals surface area (Å²) in [6.07, 6.45) is -2.34. The molecule has 1 aliphatic rings. The second kappa shape index (κ2) is 7.30. The van der Waals surface area contributed by atoms with E-state index in [1.165, 1.54) is 11.8 Å². The van der Waals surface area contributed by atoms with Crippen LogP contribution in [-0.2, 0) is 4.74 Å². The fraction of sp³-hybridized carbons (Fsp3) is 0.909. The molecule has 0 saturated carbocycles. The SMILES string of the molecule is CC(C)N=C(N)CS[C@H]1C[C@@H](O)[C@@H](O)[C@@H](CO)O1. The van der Waals surface area contributed by atoms with Crippen molar-refractivity contribution >= 4 is 17.6 Å². The average molecular weight is 278 g/mol. The summed E-state index contributed by atoms with van der Waals surface area (Å²) < 4.78 is 5.47. The van der Waals surface area contributed by atoms with Crippen molar-refractivity contribution in [3.05, 3.63) is 0 Å². The molecular formula is C11H22N2O4S. The van der Waals surface area contributed by atoms with E-state index in [1.807, 2.05) is 13.8 Å². The highest BCUT2D eigenvalue weighted by atomic mass is 32.2. The quantitative estimate of drug-likeness (QED) is 0.392. The third-order valence-electron chi connectivity index (χ3n) is 2.56. The Morgan fingerprint density at radius 3 is 2.72 bits per heavy atom. The molecule has 5 N–H and O–H groups in total. The number of aliphatic hydroxyl groups is 3. The molecule has 0 aliphatic carbocycles. The highest BCUT2D eigenvalue weighted by Gasteiger charge is 2.36. The van der Waals surface area contributed by atoms with Gasteiger partial charge in [-0.15, -0.1) is 11.8 Å². The summed E-state index contributed by atoms with van der Waals surface area (Å²) in [5, 5.41) is 28.2. The Hall–Kier alpha value is -0.340. The summed E-state index contributed by atoms with van der Waals surface area (Å²) in [6.45, 7) is 3.57. The van der Waals surface area contributed by atoms with Crippen LogP contribution < -0.4 is 5.73 Å². The summed E-state index contributed by atoms with van der Waals surface area (Å²) >= 11 is 1.41. The van der Waals surface area contributed by atoms with Crippen LogP contribution in [0, 0.1) is 0 Å². The minimum absolute atomic E-state index is 0.149. The van der Waals surface area contributed by atoms with Crippen molar-refractivity contribution < 1.29 is 20.1 Å². The standard InChI is InChI=1S/C11H22N2O4S/c1-6(2)13-9(12)5-18-10-3-7(15)11(16)8(4-14)17-10/h6-8,10-11,14-16H,3-5H2,1-2H3,(H2,12,13)/t7-,8-,10+,11-/m1/s1. The summed E-state index contributed by atoms with van der Waals surface area (Å²) in [4.78, 5) is 4.19. The van der Waals surface area contributed by atoms with Gasteiger partial charge in [-0.3, -0.25) is 4.99 Å². The Morgan fingerprint density at radius 2 is 2.17 bits per heavy atom. The molecule has 1 aliphatic heterocycles. The Labute approximate surface area is 111 Å². The van der Waals surface area contributed by atoms with Crippen molar-refractivity contribution in [1.82, 2.24) is 0 Å². The van der Waals surface area contributed by atoms with Gasteiger partial charge < -0.3 is 25.8 Å². The van der Waals surface area contributed by atoms with Gasteiger partial charge in [-0.25, -0.2) is 0 Å². The van der Waals surface area contributed by atoms with Crippen LogP contribution in [0.2, 0.25) is 0 Å². The number of amidine groups is 1. The summed E-state index contributed by atoms with van der Waals surface area (Å²) in [6, 6.07) is 0.149. The Balaban J connectivity index is 2.43. The van der Waals surface area contributed by atoms with Crippen LogP contribution >= 0.6 is 11.8 Å². The molecule has 1 saturated heterocycles. The maximum absolute atomic E-state index is 9.64. The molecule has 0 aromatic heterocycles. The number of hydrogen-bond acceptors (Lipinski definition) is 6. The van der Waals surface area contributed by atoms with Crippen molar-refractivity contribution in [2.75, 3.05) is 12.4 Å². The van der Waals surface area contributed by atoms with Gasteiger partial charge in [-0.05, 0) is 13.8 Å². The van der Waals surface area contributed by atoms with Crippen LogP contribution in [0.15, 0.2) is 4.99 Å². The zero-order valence-corrected chi connectivity index (χ0v) is 11.5. The van der Waals surface area contributed by atoms with Crippen molar-refractivity contribution in [3.63, 3.8) is 0 Å². The number of aliphatic imine (C=N–C) groups is 1. The number of nitrogens with two attached hydrogens (primary N) is 1. The third-order valence-corrected chi connectivity index (χ3v) is 3.69. The minimum atomic E-state index is -1.03. The molecule has 0 aromatic rings. The Bertz CT molecular complexity index is 288. The molecule has 0 spiro atoms. The first-order chi connectivity index (χ1) is 8.43. The summed E-state index contributed by atoms with van der Waals surface area (Å²) in [7, 11) is 0. The molecule has 18 heavy (non-hydrogen) atoms. The lowest BCUT2D eigenvalue weighted by molar-refractivity contribution is -0.157. The average Bonchev–Trinajstić information content (AvgIpc) is 2.29. The van der Waals surface area contributed by atoms with Gasteiger partial charge in [0.05, 0.1) is 18.5 Å². The van der Waals surface area contributed by atoms with Gasteiger partial charge in [0.25, 0.3) is 0 Å². The van der Waals surface area contributed by atoms with E-state index in [9.17, 15) is 10.2 Å². The van der Waals surface area contributed by atoms with E-state index in [4.69, 9.17) is 15.6 Å². The molecule has 1 fully saturated rings. The van der Waals surface area contributed by atoms with E-state index in [0.717, 1.165) is 0 Å². The lowest BCUT2D eigenvalue weighted by Crippen LogP contribution is -2.49. The molecule has 6 nitrogen and oxygen atoms in total. The highest BCUT2D eigenvalue weighted by molar-refractivity contribution is 8.00. The van der Waals surface area contributed by atoms with Gasteiger partial charge in [-0.2, -0.15) is 0 Å². The number of rotatable bonds is 5. The zero-order chi connectivity index (χ0) is 13.7. The lowest BCUT2D eigenvalue weighted by Gasteiger charge is -2.35. The van der Waals surface area contributed by atoms with Crippen LogP contribution in [-0.4, -0.2) is 63.3 Å². The zero-order valence-electron chi connectivity index (χ0n) is 10.7. The highest BCUT2D eigenvalue weighted by Crippen LogP contribution is 2.27. The normalized spacial score (nSPS) is 34.0. The monoisotopic (exact) mass is 278 g/mol. The number of ether oxygens (including phenoxy) is 1. The van der Waals surface area contributed by atoms with Crippen LogP contribution in [0.1, 0.15) is 20.3 Å². The van der Waals surface area contributed by atoms with Gasteiger partial charge in [0.1, 0.15) is 23.5 Å². The van der Waals surface area contributed by atoms with E-state index >= 15 is 0 Å². The van der Waals surface area contributed by atoms with Crippen LogP contribution in [0.5, 0.6) is 0 Å². The fourth-order valence-electron chi connectivity index (χ4n) is 1.72. The summed E-state index contributed by atoms with van der Waals surface area (Å²) in [5.74, 6) is 1.03. The van der Waals surface area contributed by atoms with Gasteiger partial charge >= 0.3 is 0 Å². The molecule has 0 unspecified atom stereocenters. The van der Waals surface area contributed by atoms with Crippen LogP contribution in [0.4, 0.5) is 0 Å². The van der Waals surface area contributed by atoms with E-state index in [1.54, 1.807) is 0 Å². The summed E-state index contributed by atoms with van der Waals surface area (Å²) in [5.41, 5.74) is 5.44. The molecule has 1 heterocycles. The second-order valence-electron chi connectivity index (χ2n) is 4.61. The Morgan fingerprint density at radius 1 is 1.50 bits per heavy atom. The molecule has 1 rings (SSSR count). The number of thioether (sulfide) groups is 1. The predicted octanol–water partition coefficient (Wildman–Crippen LogP) is -0.686. The first kappa shape index (κ1) is 15.7. The maximum Gasteiger partial charge on any atom is 0.110 e. The van der Waals surface area contributed by atoms with Crippen LogP contribution in [0.3, 0.4) is 0 Å².